The fourth-order valence-electron chi connectivity index (χ4n) is 1.93. The van der Waals surface area contributed by atoms with Gasteiger partial charge in [0.25, 0.3) is 0 Å². The highest BCUT2D eigenvalue weighted by Crippen LogP contribution is 2.36. The van der Waals surface area contributed by atoms with Crippen molar-refractivity contribution in [3.05, 3.63) is 54.1 Å². The van der Waals surface area contributed by atoms with E-state index in [4.69, 9.17) is 23.2 Å². The van der Waals surface area contributed by atoms with E-state index < -0.39 is 0 Å². The second kappa shape index (κ2) is 6.59. The zero-order chi connectivity index (χ0) is 14.0. The van der Waals surface area contributed by atoms with Crippen molar-refractivity contribution < 1.29 is 0 Å². The molecule has 0 amide bonds. The van der Waals surface area contributed by atoms with Crippen LogP contribution in [0.25, 0.3) is 0 Å². The summed E-state index contributed by atoms with van der Waals surface area (Å²) in [6, 6.07) is 7.81. The topological polar surface area (TPSA) is 12.0 Å². The van der Waals surface area contributed by atoms with Crippen LogP contribution in [0.1, 0.15) is 28.3 Å². The highest BCUT2D eigenvalue weighted by Gasteiger charge is 2.19. The second-order valence-corrected chi connectivity index (χ2v) is 7.20. The van der Waals surface area contributed by atoms with Gasteiger partial charge in [-0.05, 0) is 59.2 Å². The van der Waals surface area contributed by atoms with E-state index >= 15 is 0 Å². The lowest BCUT2D eigenvalue weighted by molar-refractivity contribution is 0.640. The van der Waals surface area contributed by atoms with Crippen molar-refractivity contribution in [2.75, 3.05) is 6.54 Å². The summed E-state index contributed by atoms with van der Waals surface area (Å²) >= 11 is 17.7. The third kappa shape index (κ3) is 3.53. The molecule has 0 aliphatic rings. The summed E-state index contributed by atoms with van der Waals surface area (Å²) in [5.74, 6) is 0. The zero-order valence-corrected chi connectivity index (χ0v) is 14.6. The van der Waals surface area contributed by atoms with Crippen LogP contribution >= 0.6 is 50.5 Å². The fraction of sp³-hybridized carbons (Fsp3) is 0.286. The molecule has 2 aromatic rings. The first-order valence-electron chi connectivity index (χ1n) is 5.97. The van der Waals surface area contributed by atoms with Crippen molar-refractivity contribution in [3.8, 4) is 0 Å². The highest BCUT2D eigenvalue weighted by atomic mass is 79.9. The monoisotopic (exact) mass is 377 g/mol. The molecular formula is C14H14BrCl2NS. The molecule has 1 atom stereocenters. The number of benzene rings is 1. The van der Waals surface area contributed by atoms with E-state index in [1.807, 2.05) is 18.2 Å². The molecule has 5 heteroatoms. The molecule has 0 aliphatic carbocycles. The Kier molecular flexibility index (Phi) is 5.32. The maximum absolute atomic E-state index is 6.32. The normalized spacial score (nSPS) is 12.7. The second-order valence-electron chi connectivity index (χ2n) is 4.21. The van der Waals surface area contributed by atoms with Crippen LogP contribution in [0.5, 0.6) is 0 Å². The molecular weight excluding hydrogens is 365 g/mol. The van der Waals surface area contributed by atoms with Crippen LogP contribution in [0, 0.1) is 6.92 Å². The smallest absolute Gasteiger partial charge is 0.0686 e. The summed E-state index contributed by atoms with van der Waals surface area (Å²) in [5, 5.41) is 4.91. The number of hydrogen-bond acceptors (Lipinski definition) is 2. The van der Waals surface area contributed by atoms with Crippen molar-refractivity contribution in [1.82, 2.24) is 5.32 Å². The summed E-state index contributed by atoms with van der Waals surface area (Å²) in [4.78, 5) is 2.49. The van der Waals surface area contributed by atoms with E-state index in [1.54, 1.807) is 11.3 Å². The van der Waals surface area contributed by atoms with Crippen LogP contribution in [0.3, 0.4) is 0 Å². The van der Waals surface area contributed by atoms with E-state index in [9.17, 15) is 0 Å². The predicted octanol–water partition coefficient (Wildman–Crippen LogP) is 5.82. The largest absolute Gasteiger partial charge is 0.306 e. The van der Waals surface area contributed by atoms with E-state index in [0.29, 0.717) is 5.02 Å². The van der Waals surface area contributed by atoms with E-state index in [-0.39, 0.29) is 6.04 Å². The zero-order valence-electron chi connectivity index (χ0n) is 10.6. The minimum Gasteiger partial charge on any atom is -0.306 e. The van der Waals surface area contributed by atoms with Gasteiger partial charge in [0.2, 0.25) is 0 Å². The van der Waals surface area contributed by atoms with Crippen LogP contribution in [-0.2, 0) is 0 Å². The van der Waals surface area contributed by atoms with Gasteiger partial charge in [-0.2, -0.15) is 0 Å². The lowest BCUT2D eigenvalue weighted by Gasteiger charge is -2.18. The summed E-state index contributed by atoms with van der Waals surface area (Å²) in [6.45, 7) is 5.05. The molecule has 0 fully saturated rings. The minimum atomic E-state index is 0.0752. The quantitative estimate of drug-likeness (QED) is 0.706. The van der Waals surface area contributed by atoms with Gasteiger partial charge in [-0.25, -0.2) is 0 Å². The lowest BCUT2D eigenvalue weighted by Crippen LogP contribution is -2.21. The van der Waals surface area contributed by atoms with Crippen molar-refractivity contribution in [2.45, 2.75) is 19.9 Å². The number of halogens is 3. The van der Waals surface area contributed by atoms with Crippen molar-refractivity contribution in [3.63, 3.8) is 0 Å². The molecule has 1 heterocycles. The van der Waals surface area contributed by atoms with E-state index in [1.165, 1.54) is 9.75 Å². The van der Waals surface area contributed by atoms with Crippen LogP contribution in [0.4, 0.5) is 0 Å². The Labute approximate surface area is 136 Å². The molecule has 19 heavy (non-hydrogen) atoms. The average molecular weight is 379 g/mol. The first kappa shape index (κ1) is 15.3. The molecule has 0 saturated heterocycles. The Morgan fingerprint density at radius 3 is 2.63 bits per heavy atom. The molecule has 102 valence electrons. The van der Waals surface area contributed by atoms with Gasteiger partial charge in [0.1, 0.15) is 0 Å². The maximum atomic E-state index is 6.32. The Morgan fingerprint density at radius 2 is 2.05 bits per heavy atom. The van der Waals surface area contributed by atoms with Gasteiger partial charge >= 0.3 is 0 Å². The summed E-state index contributed by atoms with van der Waals surface area (Å²) in [7, 11) is 0. The predicted molar refractivity (Wildman–Crippen MR) is 88.7 cm³/mol. The van der Waals surface area contributed by atoms with Crippen LogP contribution < -0.4 is 5.32 Å². The van der Waals surface area contributed by atoms with E-state index in [0.717, 1.165) is 21.6 Å². The molecule has 1 unspecified atom stereocenters. The molecule has 1 N–H and O–H groups in total. The maximum Gasteiger partial charge on any atom is 0.0686 e. The molecule has 0 aliphatic heterocycles. The Morgan fingerprint density at radius 1 is 1.32 bits per heavy atom. The number of rotatable bonds is 4. The van der Waals surface area contributed by atoms with Gasteiger partial charge in [0.05, 0.1) is 6.04 Å². The third-order valence-electron chi connectivity index (χ3n) is 2.84. The Balaban J connectivity index is 2.47. The summed E-state index contributed by atoms with van der Waals surface area (Å²) in [6.07, 6.45) is 0. The molecule has 1 nitrogen and oxygen atoms in total. The summed E-state index contributed by atoms with van der Waals surface area (Å²) in [5.41, 5.74) is 1.02. The molecule has 1 aromatic heterocycles. The summed E-state index contributed by atoms with van der Waals surface area (Å²) < 4.78 is 1.13. The molecule has 2 rings (SSSR count). The average Bonchev–Trinajstić information content (AvgIpc) is 2.70. The van der Waals surface area contributed by atoms with Gasteiger partial charge in [-0.15, -0.1) is 11.3 Å². The third-order valence-corrected chi connectivity index (χ3v) is 5.62. The highest BCUT2D eigenvalue weighted by molar-refractivity contribution is 9.10. The number of hydrogen-bond donors (Lipinski definition) is 1. The van der Waals surface area contributed by atoms with Crippen LogP contribution in [0.15, 0.2) is 28.7 Å². The SMILES string of the molecule is CCNC(c1cc(Br)c(C)s1)c1cc(Cl)ccc1Cl. The lowest BCUT2D eigenvalue weighted by atomic mass is 10.1. The number of thiophene rings is 1. The van der Waals surface area contributed by atoms with Gasteiger partial charge in [0, 0.05) is 24.3 Å². The Bertz CT molecular complexity index is 563. The van der Waals surface area contributed by atoms with Gasteiger partial charge < -0.3 is 5.32 Å². The standard InChI is InChI=1S/C14H14BrCl2NS/c1-3-18-14(13-7-11(15)8(2)19-13)10-6-9(16)4-5-12(10)17/h4-7,14,18H,3H2,1-2H3. The van der Waals surface area contributed by atoms with Crippen molar-refractivity contribution in [2.24, 2.45) is 0 Å². The first-order chi connectivity index (χ1) is 9.02. The van der Waals surface area contributed by atoms with Gasteiger partial charge in [-0.3, -0.25) is 0 Å². The van der Waals surface area contributed by atoms with Gasteiger partial charge in [0.15, 0.2) is 0 Å². The Hall–Kier alpha value is -0.0600. The van der Waals surface area contributed by atoms with Crippen LogP contribution in [0.2, 0.25) is 10.0 Å². The van der Waals surface area contributed by atoms with Crippen LogP contribution in [-0.4, -0.2) is 6.54 Å². The molecule has 0 radical (unpaired) electrons. The van der Waals surface area contributed by atoms with Crippen molar-refractivity contribution in [1.29, 1.82) is 0 Å². The fourth-order valence-corrected chi connectivity index (χ4v) is 3.99. The van der Waals surface area contributed by atoms with Crippen molar-refractivity contribution >= 4 is 50.5 Å². The van der Waals surface area contributed by atoms with Gasteiger partial charge in [-0.1, -0.05) is 30.1 Å². The van der Waals surface area contributed by atoms with E-state index in [2.05, 4.69) is 41.2 Å². The minimum absolute atomic E-state index is 0.0752. The molecule has 0 bridgehead atoms. The number of aryl methyl sites for hydroxylation is 1. The number of nitrogens with one attached hydrogen (secondary N) is 1. The molecule has 0 spiro atoms. The first-order valence-corrected chi connectivity index (χ1v) is 8.33. The molecule has 0 saturated carbocycles. The molecule has 1 aromatic carbocycles.